The molecular weight excluding hydrogens is 316 g/mol. The predicted molar refractivity (Wildman–Crippen MR) is 88.9 cm³/mol. The van der Waals surface area contributed by atoms with E-state index in [0.29, 0.717) is 0 Å². The smallest absolute Gasteiger partial charge is 0.164 e. The van der Waals surface area contributed by atoms with Crippen molar-refractivity contribution in [1.29, 1.82) is 0 Å². The van der Waals surface area contributed by atoms with Crippen molar-refractivity contribution in [3.05, 3.63) is 57.5 Å². The maximum atomic E-state index is 5.95. The minimum Gasteiger partial charge on any atom is -0.309 e. The summed E-state index contributed by atoms with van der Waals surface area (Å²) in [7, 11) is 0. The SMILES string of the molecule is Clc1ccc(-c2nnc3n2CCN(Cc2ccsc2)C3)cc1. The molecule has 22 heavy (non-hydrogen) atoms. The van der Waals surface area contributed by atoms with Crippen LogP contribution in [0.4, 0.5) is 0 Å². The Balaban J connectivity index is 1.56. The second kappa shape index (κ2) is 5.83. The van der Waals surface area contributed by atoms with Gasteiger partial charge in [0.1, 0.15) is 5.82 Å². The van der Waals surface area contributed by atoms with Gasteiger partial charge in [-0.25, -0.2) is 0 Å². The summed E-state index contributed by atoms with van der Waals surface area (Å²) in [6.45, 7) is 3.76. The largest absolute Gasteiger partial charge is 0.309 e. The Labute approximate surface area is 138 Å². The molecule has 0 radical (unpaired) electrons. The molecule has 1 aromatic carbocycles. The van der Waals surface area contributed by atoms with Gasteiger partial charge >= 0.3 is 0 Å². The Morgan fingerprint density at radius 2 is 1.95 bits per heavy atom. The zero-order chi connectivity index (χ0) is 14.9. The Morgan fingerprint density at radius 1 is 1.09 bits per heavy atom. The summed E-state index contributed by atoms with van der Waals surface area (Å²) in [6, 6.07) is 9.96. The van der Waals surface area contributed by atoms with Crippen LogP contribution in [0, 0.1) is 0 Å². The highest BCUT2D eigenvalue weighted by Crippen LogP contribution is 2.24. The number of hydrogen-bond donors (Lipinski definition) is 0. The van der Waals surface area contributed by atoms with Gasteiger partial charge < -0.3 is 4.57 Å². The van der Waals surface area contributed by atoms with Gasteiger partial charge in [-0.15, -0.1) is 10.2 Å². The number of thiophene rings is 1. The fourth-order valence-electron chi connectivity index (χ4n) is 2.80. The number of hydrogen-bond acceptors (Lipinski definition) is 4. The van der Waals surface area contributed by atoms with E-state index in [4.69, 9.17) is 11.6 Å². The third-order valence-corrected chi connectivity index (χ3v) is 4.90. The number of fused-ring (bicyclic) bond motifs is 1. The monoisotopic (exact) mass is 330 g/mol. The molecule has 4 nitrogen and oxygen atoms in total. The Bertz CT molecular complexity index is 764. The molecule has 3 heterocycles. The van der Waals surface area contributed by atoms with E-state index in [9.17, 15) is 0 Å². The molecule has 0 amide bonds. The van der Waals surface area contributed by atoms with Crippen LogP contribution in [0.1, 0.15) is 11.4 Å². The molecule has 2 aromatic heterocycles. The van der Waals surface area contributed by atoms with E-state index in [1.165, 1.54) is 5.56 Å². The van der Waals surface area contributed by atoms with E-state index < -0.39 is 0 Å². The van der Waals surface area contributed by atoms with Crippen LogP contribution in [0.15, 0.2) is 41.1 Å². The number of rotatable bonds is 3. The van der Waals surface area contributed by atoms with E-state index in [1.54, 1.807) is 11.3 Å². The molecule has 0 saturated carbocycles. The Morgan fingerprint density at radius 3 is 2.73 bits per heavy atom. The summed E-state index contributed by atoms with van der Waals surface area (Å²) in [5.41, 5.74) is 2.44. The molecular formula is C16H15ClN4S. The summed E-state index contributed by atoms with van der Waals surface area (Å²) in [5.74, 6) is 1.97. The normalized spacial score (nSPS) is 15.0. The lowest BCUT2D eigenvalue weighted by Gasteiger charge is -2.27. The Kier molecular flexibility index (Phi) is 3.70. The van der Waals surface area contributed by atoms with E-state index in [1.807, 2.05) is 24.3 Å². The van der Waals surface area contributed by atoms with E-state index in [-0.39, 0.29) is 0 Å². The second-order valence-electron chi connectivity index (χ2n) is 5.44. The van der Waals surface area contributed by atoms with Crippen molar-refractivity contribution in [2.24, 2.45) is 0 Å². The van der Waals surface area contributed by atoms with Crippen LogP contribution in [0.3, 0.4) is 0 Å². The van der Waals surface area contributed by atoms with Crippen LogP contribution in [0.5, 0.6) is 0 Å². The third kappa shape index (κ3) is 2.67. The number of halogens is 1. The molecule has 1 aliphatic rings. The van der Waals surface area contributed by atoms with E-state index in [2.05, 4.69) is 36.5 Å². The first-order valence-electron chi connectivity index (χ1n) is 7.21. The third-order valence-electron chi connectivity index (χ3n) is 3.92. The first kappa shape index (κ1) is 13.9. The van der Waals surface area contributed by atoms with Crippen molar-refractivity contribution in [2.75, 3.05) is 6.54 Å². The van der Waals surface area contributed by atoms with Crippen molar-refractivity contribution < 1.29 is 0 Å². The van der Waals surface area contributed by atoms with Gasteiger partial charge in [0.25, 0.3) is 0 Å². The van der Waals surface area contributed by atoms with E-state index in [0.717, 1.165) is 48.4 Å². The first-order chi connectivity index (χ1) is 10.8. The van der Waals surface area contributed by atoms with Crippen molar-refractivity contribution in [2.45, 2.75) is 19.6 Å². The highest BCUT2D eigenvalue weighted by atomic mass is 35.5. The molecule has 3 aromatic rings. The summed E-state index contributed by atoms with van der Waals surface area (Å²) in [6.07, 6.45) is 0. The van der Waals surface area contributed by atoms with Gasteiger partial charge in [0.2, 0.25) is 0 Å². The minimum atomic E-state index is 0.740. The van der Waals surface area contributed by atoms with E-state index >= 15 is 0 Å². The molecule has 0 N–H and O–H groups in total. The van der Waals surface area contributed by atoms with Gasteiger partial charge in [-0.2, -0.15) is 11.3 Å². The van der Waals surface area contributed by atoms with Gasteiger partial charge in [0, 0.05) is 30.2 Å². The molecule has 0 saturated heterocycles. The van der Waals surface area contributed by atoms with Gasteiger partial charge in [0.15, 0.2) is 5.82 Å². The zero-order valence-electron chi connectivity index (χ0n) is 11.9. The average molecular weight is 331 g/mol. The second-order valence-corrected chi connectivity index (χ2v) is 6.66. The maximum absolute atomic E-state index is 5.95. The molecule has 1 aliphatic heterocycles. The van der Waals surface area contributed by atoms with Crippen LogP contribution in [-0.2, 0) is 19.6 Å². The average Bonchev–Trinajstić information content (AvgIpc) is 3.17. The minimum absolute atomic E-state index is 0.740. The summed E-state index contributed by atoms with van der Waals surface area (Å²) in [5, 5.41) is 13.8. The highest BCUT2D eigenvalue weighted by molar-refractivity contribution is 7.07. The zero-order valence-corrected chi connectivity index (χ0v) is 13.5. The predicted octanol–water partition coefficient (Wildman–Crippen LogP) is 3.68. The molecule has 0 spiro atoms. The van der Waals surface area contributed by atoms with Gasteiger partial charge in [-0.3, -0.25) is 4.90 Å². The molecule has 0 unspecified atom stereocenters. The lowest BCUT2D eigenvalue weighted by Crippen LogP contribution is -2.33. The number of benzene rings is 1. The first-order valence-corrected chi connectivity index (χ1v) is 8.53. The summed E-state index contributed by atoms with van der Waals surface area (Å²) < 4.78 is 2.22. The molecule has 0 bridgehead atoms. The molecule has 0 aliphatic carbocycles. The van der Waals surface area contributed by atoms with Crippen LogP contribution < -0.4 is 0 Å². The fraction of sp³-hybridized carbons (Fsp3) is 0.250. The van der Waals surface area contributed by atoms with Crippen LogP contribution >= 0.6 is 22.9 Å². The Hall–Kier alpha value is -1.69. The summed E-state index contributed by atoms with van der Waals surface area (Å²) >= 11 is 7.70. The standard InChI is InChI=1S/C16H15ClN4S/c17-14-3-1-13(2-4-14)16-19-18-15-10-20(6-7-21(15)16)9-12-5-8-22-11-12/h1-5,8,11H,6-7,9-10H2. The number of aromatic nitrogens is 3. The van der Waals surface area contributed by atoms with Crippen molar-refractivity contribution in [3.8, 4) is 11.4 Å². The topological polar surface area (TPSA) is 34.0 Å². The van der Waals surface area contributed by atoms with Crippen LogP contribution in [0.2, 0.25) is 5.02 Å². The summed E-state index contributed by atoms with van der Waals surface area (Å²) in [4.78, 5) is 2.41. The van der Waals surface area contributed by atoms with Gasteiger partial charge in [-0.05, 0) is 46.7 Å². The van der Waals surface area contributed by atoms with Gasteiger partial charge in [-0.1, -0.05) is 11.6 Å². The number of nitrogens with zero attached hydrogens (tertiary/aromatic N) is 4. The molecule has 4 rings (SSSR count). The van der Waals surface area contributed by atoms with Crippen molar-refractivity contribution >= 4 is 22.9 Å². The molecule has 112 valence electrons. The van der Waals surface area contributed by atoms with Crippen molar-refractivity contribution in [1.82, 2.24) is 19.7 Å². The van der Waals surface area contributed by atoms with Crippen LogP contribution in [0.25, 0.3) is 11.4 Å². The molecule has 0 fully saturated rings. The highest BCUT2D eigenvalue weighted by Gasteiger charge is 2.21. The molecule has 6 heteroatoms. The lowest BCUT2D eigenvalue weighted by atomic mass is 10.2. The maximum Gasteiger partial charge on any atom is 0.164 e. The van der Waals surface area contributed by atoms with Crippen molar-refractivity contribution in [3.63, 3.8) is 0 Å². The van der Waals surface area contributed by atoms with Crippen LogP contribution in [-0.4, -0.2) is 26.2 Å². The fourth-order valence-corrected chi connectivity index (χ4v) is 3.58. The lowest BCUT2D eigenvalue weighted by molar-refractivity contribution is 0.210. The molecule has 0 atom stereocenters. The quantitative estimate of drug-likeness (QED) is 0.734. The van der Waals surface area contributed by atoms with Gasteiger partial charge in [0.05, 0.1) is 6.54 Å².